The summed E-state index contributed by atoms with van der Waals surface area (Å²) >= 11 is 0. The van der Waals surface area contributed by atoms with Crippen LogP contribution in [0.1, 0.15) is 48.5 Å². The lowest BCUT2D eigenvalue weighted by molar-refractivity contribution is -0.126. The van der Waals surface area contributed by atoms with Crippen molar-refractivity contribution in [2.75, 3.05) is 19.6 Å². The number of piperidine rings is 1. The lowest BCUT2D eigenvalue weighted by atomic mass is 9.96. The summed E-state index contributed by atoms with van der Waals surface area (Å²) in [5.41, 5.74) is 0.987. The van der Waals surface area contributed by atoms with E-state index in [0.29, 0.717) is 30.8 Å². The molecule has 0 aliphatic carbocycles. The maximum Gasteiger partial charge on any atom is 0.254 e. The zero-order valence-electron chi connectivity index (χ0n) is 15.3. The summed E-state index contributed by atoms with van der Waals surface area (Å²) in [6, 6.07) is 4.28. The van der Waals surface area contributed by atoms with Crippen molar-refractivity contribution >= 4 is 21.8 Å². The molecule has 1 unspecified atom stereocenters. The number of carbonyl (C=O) groups excluding carboxylic acids is 2. The molecule has 1 aromatic rings. The summed E-state index contributed by atoms with van der Waals surface area (Å²) in [7, 11) is -3.88. The van der Waals surface area contributed by atoms with Gasteiger partial charge in [-0.15, -0.1) is 0 Å². The van der Waals surface area contributed by atoms with Crippen molar-refractivity contribution in [1.82, 2.24) is 10.2 Å². The number of hydrogen-bond acceptors (Lipinski definition) is 4. The lowest BCUT2D eigenvalue weighted by Crippen LogP contribution is -2.45. The van der Waals surface area contributed by atoms with E-state index in [1.807, 2.05) is 0 Å². The van der Waals surface area contributed by atoms with Gasteiger partial charge in [-0.2, -0.15) is 0 Å². The molecule has 0 spiro atoms. The summed E-state index contributed by atoms with van der Waals surface area (Å²) < 4.78 is 23.1. The Morgan fingerprint density at radius 2 is 2.08 bits per heavy atom. The second kappa shape index (κ2) is 8.64. The molecule has 2 rings (SSSR count). The molecule has 8 heteroatoms. The van der Waals surface area contributed by atoms with Crippen LogP contribution in [-0.2, 0) is 14.8 Å². The molecule has 1 heterocycles. The van der Waals surface area contributed by atoms with Crippen molar-refractivity contribution in [3.8, 4) is 0 Å². The highest BCUT2D eigenvalue weighted by molar-refractivity contribution is 7.89. The van der Waals surface area contributed by atoms with Gasteiger partial charge in [-0.05, 0) is 43.9 Å². The second-order valence-corrected chi connectivity index (χ2v) is 8.32. The average molecular weight is 381 g/mol. The molecule has 26 heavy (non-hydrogen) atoms. The van der Waals surface area contributed by atoms with Gasteiger partial charge in [0.1, 0.15) is 0 Å². The minimum atomic E-state index is -3.88. The van der Waals surface area contributed by atoms with Crippen molar-refractivity contribution in [3.05, 3.63) is 29.3 Å². The standard InChI is InChI=1S/C18H27N3O4S/c1-3-4-9-20-17(22)14-6-5-10-21(12-14)18(23)16-11-15(26(19,24)25)8-7-13(16)2/h7-8,11,14H,3-6,9-10,12H2,1-2H3,(H,20,22)(H2,19,24,25). The molecule has 0 saturated carbocycles. The van der Waals surface area contributed by atoms with Crippen LogP contribution in [-0.4, -0.2) is 44.8 Å². The first-order chi connectivity index (χ1) is 12.2. The third-order valence-electron chi connectivity index (χ3n) is 4.68. The third kappa shape index (κ3) is 5.04. The number of nitrogens with two attached hydrogens (primary N) is 1. The first kappa shape index (κ1) is 20.4. The minimum absolute atomic E-state index is 0.0223. The molecular formula is C18H27N3O4S. The number of aryl methyl sites for hydroxylation is 1. The number of unbranched alkanes of at least 4 members (excludes halogenated alkanes) is 1. The topological polar surface area (TPSA) is 110 Å². The van der Waals surface area contributed by atoms with Crippen molar-refractivity contribution in [2.45, 2.75) is 44.4 Å². The Bertz CT molecular complexity index is 777. The molecule has 7 nitrogen and oxygen atoms in total. The van der Waals surface area contributed by atoms with Crippen LogP contribution >= 0.6 is 0 Å². The predicted octanol–water partition coefficient (Wildman–Crippen LogP) is 1.41. The fourth-order valence-electron chi connectivity index (χ4n) is 3.09. The van der Waals surface area contributed by atoms with Crippen LogP contribution in [0.2, 0.25) is 0 Å². The molecule has 1 fully saturated rings. The fourth-order valence-corrected chi connectivity index (χ4v) is 3.63. The molecule has 0 bridgehead atoms. The van der Waals surface area contributed by atoms with Crippen LogP contribution in [0.15, 0.2) is 23.1 Å². The van der Waals surface area contributed by atoms with Crippen LogP contribution in [0, 0.1) is 12.8 Å². The zero-order valence-corrected chi connectivity index (χ0v) is 16.1. The number of likely N-dealkylation sites (tertiary alicyclic amines) is 1. The summed E-state index contributed by atoms with van der Waals surface area (Å²) in [5, 5.41) is 8.09. The maximum absolute atomic E-state index is 12.9. The Labute approximate surface area is 155 Å². The number of amides is 2. The molecule has 1 aliphatic heterocycles. The van der Waals surface area contributed by atoms with E-state index >= 15 is 0 Å². The van der Waals surface area contributed by atoms with Crippen LogP contribution in [0.3, 0.4) is 0 Å². The van der Waals surface area contributed by atoms with Gasteiger partial charge >= 0.3 is 0 Å². The fraction of sp³-hybridized carbons (Fsp3) is 0.556. The number of primary sulfonamides is 1. The largest absolute Gasteiger partial charge is 0.356 e. The van der Waals surface area contributed by atoms with Gasteiger partial charge in [0.15, 0.2) is 0 Å². The highest BCUT2D eigenvalue weighted by Crippen LogP contribution is 2.22. The molecule has 0 aromatic heterocycles. The number of hydrogen-bond donors (Lipinski definition) is 2. The summed E-state index contributed by atoms with van der Waals surface area (Å²) in [6.07, 6.45) is 3.43. The van der Waals surface area contributed by atoms with Gasteiger partial charge in [0.25, 0.3) is 5.91 Å². The van der Waals surface area contributed by atoms with E-state index in [1.54, 1.807) is 17.9 Å². The van der Waals surface area contributed by atoms with Gasteiger partial charge in [0.05, 0.1) is 10.8 Å². The monoisotopic (exact) mass is 381 g/mol. The summed E-state index contributed by atoms with van der Waals surface area (Å²) in [6.45, 7) is 5.35. The van der Waals surface area contributed by atoms with E-state index in [1.165, 1.54) is 12.1 Å². The summed E-state index contributed by atoms with van der Waals surface area (Å²) in [5.74, 6) is -0.517. The smallest absolute Gasteiger partial charge is 0.254 e. The van der Waals surface area contributed by atoms with E-state index in [4.69, 9.17) is 5.14 Å². The Balaban J connectivity index is 2.13. The van der Waals surface area contributed by atoms with E-state index in [-0.39, 0.29) is 22.6 Å². The van der Waals surface area contributed by atoms with Gasteiger partial charge in [0, 0.05) is 25.2 Å². The number of benzene rings is 1. The Kier molecular flexibility index (Phi) is 6.77. The molecular weight excluding hydrogens is 354 g/mol. The molecule has 2 amide bonds. The van der Waals surface area contributed by atoms with E-state index < -0.39 is 10.0 Å². The van der Waals surface area contributed by atoms with Crippen molar-refractivity contribution in [2.24, 2.45) is 11.1 Å². The first-order valence-electron chi connectivity index (χ1n) is 8.94. The van der Waals surface area contributed by atoms with Crippen molar-refractivity contribution in [1.29, 1.82) is 0 Å². The Morgan fingerprint density at radius 1 is 1.35 bits per heavy atom. The lowest BCUT2D eigenvalue weighted by Gasteiger charge is -2.32. The summed E-state index contributed by atoms with van der Waals surface area (Å²) in [4.78, 5) is 26.7. The number of rotatable bonds is 6. The van der Waals surface area contributed by atoms with Gasteiger partial charge in [-0.25, -0.2) is 13.6 Å². The molecule has 0 radical (unpaired) electrons. The predicted molar refractivity (Wildman–Crippen MR) is 99.1 cm³/mol. The van der Waals surface area contributed by atoms with E-state index in [0.717, 1.165) is 25.7 Å². The van der Waals surface area contributed by atoms with Crippen LogP contribution in [0.5, 0.6) is 0 Å². The second-order valence-electron chi connectivity index (χ2n) is 6.76. The number of nitrogens with one attached hydrogen (secondary N) is 1. The molecule has 1 atom stereocenters. The maximum atomic E-state index is 12.9. The SMILES string of the molecule is CCCCNC(=O)C1CCCN(C(=O)c2cc(S(N)(=O)=O)ccc2C)C1. The third-order valence-corrected chi connectivity index (χ3v) is 5.59. The van der Waals surface area contributed by atoms with Gasteiger partial charge < -0.3 is 10.2 Å². The highest BCUT2D eigenvalue weighted by Gasteiger charge is 2.29. The Morgan fingerprint density at radius 3 is 2.73 bits per heavy atom. The number of carbonyl (C=O) groups is 2. The van der Waals surface area contributed by atoms with Gasteiger partial charge in [0.2, 0.25) is 15.9 Å². The molecule has 1 saturated heterocycles. The number of sulfonamides is 1. The first-order valence-corrected chi connectivity index (χ1v) is 10.5. The molecule has 144 valence electrons. The molecule has 3 N–H and O–H groups in total. The molecule has 1 aromatic carbocycles. The van der Waals surface area contributed by atoms with Crippen LogP contribution < -0.4 is 10.5 Å². The number of nitrogens with zero attached hydrogens (tertiary/aromatic N) is 1. The van der Waals surface area contributed by atoms with Crippen molar-refractivity contribution < 1.29 is 18.0 Å². The quantitative estimate of drug-likeness (QED) is 0.726. The van der Waals surface area contributed by atoms with E-state index in [2.05, 4.69) is 12.2 Å². The van der Waals surface area contributed by atoms with Gasteiger partial charge in [-0.3, -0.25) is 9.59 Å². The molecule has 1 aliphatic rings. The van der Waals surface area contributed by atoms with E-state index in [9.17, 15) is 18.0 Å². The van der Waals surface area contributed by atoms with Crippen LogP contribution in [0.4, 0.5) is 0 Å². The normalized spacial score (nSPS) is 17.8. The van der Waals surface area contributed by atoms with Crippen LogP contribution in [0.25, 0.3) is 0 Å². The minimum Gasteiger partial charge on any atom is -0.356 e. The Hall–Kier alpha value is -1.93. The zero-order chi connectivity index (χ0) is 19.3. The van der Waals surface area contributed by atoms with Gasteiger partial charge in [-0.1, -0.05) is 19.4 Å². The average Bonchev–Trinajstić information content (AvgIpc) is 2.60. The van der Waals surface area contributed by atoms with Crippen molar-refractivity contribution in [3.63, 3.8) is 0 Å². The highest BCUT2D eigenvalue weighted by atomic mass is 32.2.